The molecule has 2 atom stereocenters. The highest BCUT2D eigenvalue weighted by Gasteiger charge is 2.33. The number of amides is 1. The summed E-state index contributed by atoms with van der Waals surface area (Å²) in [6.45, 7) is 5.27. The molecule has 8 nitrogen and oxygen atoms in total. The third-order valence-electron chi connectivity index (χ3n) is 4.06. The summed E-state index contributed by atoms with van der Waals surface area (Å²) in [6, 6.07) is 1.91. The molecular formula is C15H25N5O3S. The zero-order chi connectivity index (χ0) is 17.7. The first-order valence-corrected chi connectivity index (χ1v) is 9.95. The third kappa shape index (κ3) is 5.41. The Morgan fingerprint density at radius 1 is 1.38 bits per heavy atom. The van der Waals surface area contributed by atoms with Crippen molar-refractivity contribution in [2.75, 3.05) is 30.8 Å². The summed E-state index contributed by atoms with van der Waals surface area (Å²) < 4.78 is 24.4. The van der Waals surface area contributed by atoms with Gasteiger partial charge < -0.3 is 10.2 Å². The number of nitrogens with one attached hydrogen (secondary N) is 2. The number of anilines is 1. The predicted molar refractivity (Wildman–Crippen MR) is 92.2 cm³/mol. The highest BCUT2D eigenvalue weighted by molar-refractivity contribution is 7.88. The van der Waals surface area contributed by atoms with Crippen LogP contribution in [0.3, 0.4) is 0 Å². The first-order valence-electron chi connectivity index (χ1n) is 8.06. The van der Waals surface area contributed by atoms with E-state index in [9.17, 15) is 13.2 Å². The van der Waals surface area contributed by atoms with Gasteiger partial charge in [-0.05, 0) is 19.3 Å². The van der Waals surface area contributed by atoms with E-state index in [1.165, 1.54) is 0 Å². The van der Waals surface area contributed by atoms with Gasteiger partial charge in [0.15, 0.2) is 0 Å². The van der Waals surface area contributed by atoms with Crippen LogP contribution in [-0.4, -0.2) is 56.2 Å². The number of aromatic nitrogens is 2. The van der Waals surface area contributed by atoms with Crippen LogP contribution in [0.25, 0.3) is 0 Å². The molecule has 1 aliphatic heterocycles. The number of nitrogens with zero attached hydrogens (tertiary/aromatic N) is 3. The average molecular weight is 355 g/mol. The van der Waals surface area contributed by atoms with Crippen LogP contribution < -0.4 is 14.9 Å². The molecule has 1 aliphatic rings. The van der Waals surface area contributed by atoms with Crippen molar-refractivity contribution in [1.82, 2.24) is 20.0 Å². The summed E-state index contributed by atoms with van der Waals surface area (Å²) >= 11 is 0. The van der Waals surface area contributed by atoms with Crippen LogP contribution in [0.5, 0.6) is 0 Å². The Balaban J connectivity index is 2.01. The maximum atomic E-state index is 12.0. The van der Waals surface area contributed by atoms with Crippen molar-refractivity contribution in [2.24, 2.45) is 5.92 Å². The van der Waals surface area contributed by atoms with Crippen molar-refractivity contribution in [2.45, 2.75) is 32.7 Å². The zero-order valence-corrected chi connectivity index (χ0v) is 15.1. The number of rotatable bonds is 7. The maximum absolute atomic E-state index is 12.0. The molecule has 2 rings (SSSR count). The second kappa shape index (κ2) is 7.89. The maximum Gasteiger partial charge on any atom is 0.235 e. The van der Waals surface area contributed by atoms with Gasteiger partial charge in [-0.15, -0.1) is 0 Å². The molecule has 0 spiro atoms. The van der Waals surface area contributed by atoms with Crippen molar-refractivity contribution < 1.29 is 13.2 Å². The fourth-order valence-corrected chi connectivity index (χ4v) is 3.35. The van der Waals surface area contributed by atoms with E-state index in [1.54, 1.807) is 6.33 Å². The van der Waals surface area contributed by atoms with Crippen molar-refractivity contribution >= 4 is 21.7 Å². The normalized spacial score (nSPS) is 21.0. The summed E-state index contributed by atoms with van der Waals surface area (Å²) in [5, 5.41) is 2.95. The van der Waals surface area contributed by atoms with E-state index in [4.69, 9.17) is 0 Å². The first kappa shape index (κ1) is 18.6. The van der Waals surface area contributed by atoms with Crippen LogP contribution in [0.4, 0.5) is 5.82 Å². The molecule has 2 heterocycles. The lowest BCUT2D eigenvalue weighted by atomic mass is 9.98. The molecule has 1 fully saturated rings. The molecule has 1 amide bonds. The van der Waals surface area contributed by atoms with E-state index in [2.05, 4.69) is 31.8 Å². The van der Waals surface area contributed by atoms with Gasteiger partial charge >= 0.3 is 0 Å². The molecule has 1 aromatic heterocycles. The van der Waals surface area contributed by atoms with Crippen molar-refractivity contribution in [3.05, 3.63) is 18.1 Å². The number of hydrogen-bond acceptors (Lipinski definition) is 6. The molecule has 1 aromatic rings. The Kier molecular flexibility index (Phi) is 6.11. The highest BCUT2D eigenvalue weighted by atomic mass is 32.2. The monoisotopic (exact) mass is 355 g/mol. The highest BCUT2D eigenvalue weighted by Crippen LogP contribution is 2.25. The van der Waals surface area contributed by atoms with E-state index in [0.29, 0.717) is 12.5 Å². The molecule has 0 bridgehead atoms. The third-order valence-corrected chi connectivity index (χ3v) is 4.72. The predicted octanol–water partition coefficient (Wildman–Crippen LogP) is 0.0553. The molecule has 0 aliphatic carbocycles. The minimum Gasteiger partial charge on any atom is -0.354 e. The Morgan fingerprint density at radius 2 is 2.12 bits per heavy atom. The second-order valence-electron chi connectivity index (χ2n) is 6.24. The standard InChI is InChI=1S/C15H25N5O3S/c1-4-5-12-8-20(14-6-11(2)16-10-17-14)9-13(12)19-15(21)7-18-24(3,22)23/h6,10,12-13,18H,4-5,7-9H2,1-3H3,(H,19,21)/t12-,13-/m1/s1. The zero-order valence-electron chi connectivity index (χ0n) is 14.3. The largest absolute Gasteiger partial charge is 0.354 e. The summed E-state index contributed by atoms with van der Waals surface area (Å²) in [4.78, 5) is 22.6. The second-order valence-corrected chi connectivity index (χ2v) is 8.07. The van der Waals surface area contributed by atoms with E-state index in [0.717, 1.165) is 37.2 Å². The van der Waals surface area contributed by atoms with Gasteiger partial charge in [0.25, 0.3) is 0 Å². The number of sulfonamides is 1. The SMILES string of the molecule is CCC[C@@H]1CN(c2cc(C)ncn2)C[C@H]1NC(=O)CNS(C)(=O)=O. The Labute approximate surface area is 143 Å². The lowest BCUT2D eigenvalue weighted by molar-refractivity contribution is -0.120. The molecule has 9 heteroatoms. The van der Waals surface area contributed by atoms with Crippen LogP contribution in [0.2, 0.25) is 0 Å². The summed E-state index contributed by atoms with van der Waals surface area (Å²) in [6.07, 6.45) is 4.59. The van der Waals surface area contributed by atoms with Crippen LogP contribution in [0.15, 0.2) is 12.4 Å². The van der Waals surface area contributed by atoms with E-state index in [1.807, 2.05) is 13.0 Å². The minimum absolute atomic E-state index is 0.0194. The van der Waals surface area contributed by atoms with Gasteiger partial charge in [-0.3, -0.25) is 4.79 Å². The van der Waals surface area contributed by atoms with Crippen LogP contribution in [0, 0.1) is 12.8 Å². The Morgan fingerprint density at radius 3 is 2.75 bits per heavy atom. The van der Waals surface area contributed by atoms with Crippen LogP contribution >= 0.6 is 0 Å². The topological polar surface area (TPSA) is 104 Å². The molecule has 134 valence electrons. The number of carbonyl (C=O) groups excluding carboxylic acids is 1. The Hall–Kier alpha value is -1.74. The minimum atomic E-state index is -3.37. The fourth-order valence-electron chi connectivity index (χ4n) is 2.95. The van der Waals surface area contributed by atoms with Gasteiger partial charge in [0, 0.05) is 24.8 Å². The fraction of sp³-hybridized carbons (Fsp3) is 0.667. The quantitative estimate of drug-likeness (QED) is 0.716. The van der Waals surface area contributed by atoms with Gasteiger partial charge in [-0.2, -0.15) is 0 Å². The lowest BCUT2D eigenvalue weighted by Gasteiger charge is -2.19. The molecule has 0 unspecified atom stereocenters. The number of hydrogen-bond donors (Lipinski definition) is 2. The van der Waals surface area contributed by atoms with Gasteiger partial charge in [-0.25, -0.2) is 23.1 Å². The molecule has 1 saturated heterocycles. The van der Waals surface area contributed by atoms with E-state index >= 15 is 0 Å². The number of carbonyl (C=O) groups is 1. The molecule has 0 radical (unpaired) electrons. The van der Waals surface area contributed by atoms with Gasteiger partial charge in [0.1, 0.15) is 12.1 Å². The van der Waals surface area contributed by atoms with Gasteiger partial charge in [0.2, 0.25) is 15.9 Å². The number of aryl methyl sites for hydroxylation is 1. The van der Waals surface area contributed by atoms with Gasteiger partial charge in [0.05, 0.1) is 18.8 Å². The van der Waals surface area contributed by atoms with E-state index < -0.39 is 10.0 Å². The van der Waals surface area contributed by atoms with Crippen LogP contribution in [0.1, 0.15) is 25.5 Å². The smallest absolute Gasteiger partial charge is 0.235 e. The van der Waals surface area contributed by atoms with Crippen molar-refractivity contribution in [3.8, 4) is 0 Å². The summed E-state index contributed by atoms with van der Waals surface area (Å²) in [5.74, 6) is 0.856. The summed E-state index contributed by atoms with van der Waals surface area (Å²) in [7, 11) is -3.37. The molecule has 2 N–H and O–H groups in total. The van der Waals surface area contributed by atoms with E-state index in [-0.39, 0.29) is 18.5 Å². The average Bonchev–Trinajstić information content (AvgIpc) is 2.88. The molecule has 0 aromatic carbocycles. The van der Waals surface area contributed by atoms with Crippen molar-refractivity contribution in [1.29, 1.82) is 0 Å². The Bertz CT molecular complexity index is 679. The van der Waals surface area contributed by atoms with Crippen molar-refractivity contribution in [3.63, 3.8) is 0 Å². The molecule has 0 saturated carbocycles. The molecule has 24 heavy (non-hydrogen) atoms. The lowest BCUT2D eigenvalue weighted by Crippen LogP contribution is -2.45. The van der Waals surface area contributed by atoms with Crippen LogP contribution in [-0.2, 0) is 14.8 Å². The molecular weight excluding hydrogens is 330 g/mol. The summed E-state index contributed by atoms with van der Waals surface area (Å²) in [5.41, 5.74) is 0.900. The van der Waals surface area contributed by atoms with Gasteiger partial charge in [-0.1, -0.05) is 13.3 Å². The first-order chi connectivity index (χ1) is 11.3.